The summed E-state index contributed by atoms with van der Waals surface area (Å²) in [5.41, 5.74) is 10.8. The molecule has 0 aliphatic heterocycles. The maximum Gasteiger partial charge on any atom is 0.0609 e. The van der Waals surface area contributed by atoms with Crippen molar-refractivity contribution in [1.82, 2.24) is 0 Å². The van der Waals surface area contributed by atoms with E-state index in [1.54, 1.807) is 0 Å². The predicted molar refractivity (Wildman–Crippen MR) is 42.0 cm³/mol. The van der Waals surface area contributed by atoms with E-state index in [1.807, 2.05) is 0 Å². The summed E-state index contributed by atoms with van der Waals surface area (Å²) in [5, 5.41) is -0.135. The molecule has 4 heteroatoms. The first kappa shape index (κ1) is 9.50. The molecule has 0 amide bonds. The largest absolute Gasteiger partial charge is 0.329 e. The minimum Gasteiger partial charge on any atom is -0.329 e. The lowest BCUT2D eigenvalue weighted by molar-refractivity contribution is 0.614. The Morgan fingerprint density at radius 3 is 2.33 bits per heavy atom. The van der Waals surface area contributed by atoms with Crippen molar-refractivity contribution >= 4 is 23.2 Å². The minimum absolute atomic E-state index is 0.0610. The van der Waals surface area contributed by atoms with E-state index >= 15 is 0 Å². The fraction of sp³-hybridized carbons (Fsp3) is 1.00. The van der Waals surface area contributed by atoms with Gasteiger partial charge in [-0.25, -0.2) is 0 Å². The summed E-state index contributed by atoms with van der Waals surface area (Å²) in [6, 6.07) is -0.0610. The molecule has 0 aromatic carbocycles. The van der Waals surface area contributed by atoms with Crippen molar-refractivity contribution in [3.05, 3.63) is 0 Å². The zero-order valence-corrected chi connectivity index (χ0v) is 6.70. The smallest absolute Gasteiger partial charge is 0.0609 e. The van der Waals surface area contributed by atoms with Gasteiger partial charge in [-0.1, -0.05) is 0 Å². The molecule has 0 rings (SSSR count). The van der Waals surface area contributed by atoms with Gasteiger partial charge in [0.1, 0.15) is 0 Å². The van der Waals surface area contributed by atoms with Crippen molar-refractivity contribution in [2.75, 3.05) is 12.4 Å². The van der Waals surface area contributed by atoms with Crippen molar-refractivity contribution in [3.63, 3.8) is 0 Å². The SMILES string of the molecule is NCC(Cl)C(N)CCCl. The van der Waals surface area contributed by atoms with E-state index in [0.29, 0.717) is 12.4 Å². The minimum atomic E-state index is -0.135. The second kappa shape index (κ2) is 5.30. The summed E-state index contributed by atoms with van der Waals surface area (Å²) in [5.74, 6) is 0.546. The lowest BCUT2D eigenvalue weighted by Crippen LogP contribution is -2.36. The Morgan fingerprint density at radius 2 is 2.00 bits per heavy atom. The summed E-state index contributed by atoms with van der Waals surface area (Å²) < 4.78 is 0. The number of nitrogens with two attached hydrogens (primary N) is 2. The number of hydrogen-bond donors (Lipinski definition) is 2. The van der Waals surface area contributed by atoms with Crippen molar-refractivity contribution in [3.8, 4) is 0 Å². The van der Waals surface area contributed by atoms with E-state index in [4.69, 9.17) is 34.7 Å². The molecule has 0 fully saturated rings. The zero-order chi connectivity index (χ0) is 7.28. The van der Waals surface area contributed by atoms with E-state index in [2.05, 4.69) is 0 Å². The Kier molecular flexibility index (Phi) is 5.59. The Hall–Kier alpha value is 0.500. The lowest BCUT2D eigenvalue weighted by Gasteiger charge is -2.13. The zero-order valence-electron chi connectivity index (χ0n) is 5.19. The van der Waals surface area contributed by atoms with Crippen LogP contribution in [0.1, 0.15) is 6.42 Å². The van der Waals surface area contributed by atoms with Crippen LogP contribution in [0.4, 0.5) is 0 Å². The average Bonchev–Trinajstić information content (AvgIpc) is 1.87. The molecule has 2 atom stereocenters. The highest BCUT2D eigenvalue weighted by Gasteiger charge is 2.11. The van der Waals surface area contributed by atoms with Crippen LogP contribution in [0.3, 0.4) is 0 Å². The molecule has 0 aliphatic rings. The van der Waals surface area contributed by atoms with E-state index < -0.39 is 0 Å². The van der Waals surface area contributed by atoms with E-state index in [1.165, 1.54) is 0 Å². The first-order chi connectivity index (χ1) is 4.22. The molecule has 0 aromatic rings. The first-order valence-corrected chi connectivity index (χ1v) is 3.85. The number of rotatable bonds is 4. The molecule has 0 saturated heterocycles. The average molecular weight is 171 g/mol. The molecule has 0 aliphatic carbocycles. The van der Waals surface area contributed by atoms with Crippen LogP contribution in [0.2, 0.25) is 0 Å². The monoisotopic (exact) mass is 170 g/mol. The van der Waals surface area contributed by atoms with Crippen molar-refractivity contribution < 1.29 is 0 Å². The quantitative estimate of drug-likeness (QED) is 0.605. The first-order valence-electron chi connectivity index (χ1n) is 2.88. The Morgan fingerprint density at radius 1 is 1.44 bits per heavy atom. The molecule has 0 heterocycles. The van der Waals surface area contributed by atoms with Crippen molar-refractivity contribution in [2.45, 2.75) is 17.8 Å². The molecule has 9 heavy (non-hydrogen) atoms. The predicted octanol–water partition coefficient (Wildman–Crippen LogP) is 0.509. The molecule has 0 spiro atoms. The van der Waals surface area contributed by atoms with Crippen LogP contribution in [-0.2, 0) is 0 Å². The third kappa shape index (κ3) is 3.98. The fourth-order valence-corrected chi connectivity index (χ4v) is 0.860. The lowest BCUT2D eigenvalue weighted by atomic mass is 10.2. The van der Waals surface area contributed by atoms with Gasteiger partial charge in [0.15, 0.2) is 0 Å². The second-order valence-electron chi connectivity index (χ2n) is 1.89. The van der Waals surface area contributed by atoms with Gasteiger partial charge in [0.25, 0.3) is 0 Å². The van der Waals surface area contributed by atoms with Gasteiger partial charge in [0, 0.05) is 18.5 Å². The topological polar surface area (TPSA) is 52.0 Å². The normalized spacial score (nSPS) is 17.3. The second-order valence-corrected chi connectivity index (χ2v) is 2.83. The van der Waals surface area contributed by atoms with Crippen molar-refractivity contribution in [2.24, 2.45) is 11.5 Å². The summed E-state index contributed by atoms with van der Waals surface area (Å²) >= 11 is 11.1. The summed E-state index contributed by atoms with van der Waals surface area (Å²) in [4.78, 5) is 0. The van der Waals surface area contributed by atoms with E-state index in [9.17, 15) is 0 Å². The maximum atomic E-state index is 5.69. The third-order valence-electron chi connectivity index (χ3n) is 1.13. The van der Waals surface area contributed by atoms with E-state index in [0.717, 1.165) is 6.42 Å². The van der Waals surface area contributed by atoms with Gasteiger partial charge in [-0.3, -0.25) is 0 Å². The van der Waals surface area contributed by atoms with Gasteiger partial charge in [-0.05, 0) is 6.42 Å². The van der Waals surface area contributed by atoms with Gasteiger partial charge < -0.3 is 11.5 Å². The van der Waals surface area contributed by atoms with Crippen LogP contribution in [0.25, 0.3) is 0 Å². The van der Waals surface area contributed by atoms with Gasteiger partial charge in [-0.15, -0.1) is 23.2 Å². The van der Waals surface area contributed by atoms with Gasteiger partial charge in [0.2, 0.25) is 0 Å². The van der Waals surface area contributed by atoms with Crippen LogP contribution in [0.5, 0.6) is 0 Å². The summed E-state index contributed by atoms with van der Waals surface area (Å²) in [7, 11) is 0. The van der Waals surface area contributed by atoms with Crippen LogP contribution < -0.4 is 11.5 Å². The maximum absolute atomic E-state index is 5.69. The summed E-state index contributed by atoms with van der Waals surface area (Å²) in [6.45, 7) is 0.416. The highest BCUT2D eigenvalue weighted by Crippen LogP contribution is 2.02. The molecular formula is C5H12Cl2N2. The van der Waals surface area contributed by atoms with Gasteiger partial charge in [-0.2, -0.15) is 0 Å². The molecular weight excluding hydrogens is 159 g/mol. The molecule has 2 nitrogen and oxygen atoms in total. The highest BCUT2D eigenvalue weighted by atomic mass is 35.5. The summed E-state index contributed by atoms with van der Waals surface area (Å²) in [6.07, 6.45) is 0.729. The molecule has 0 aromatic heterocycles. The highest BCUT2D eigenvalue weighted by molar-refractivity contribution is 6.21. The van der Waals surface area contributed by atoms with E-state index in [-0.39, 0.29) is 11.4 Å². The standard InChI is InChI=1S/C5H12Cl2N2/c6-2-1-5(9)4(7)3-8/h4-5H,1-3,8-9H2. The molecule has 2 unspecified atom stereocenters. The Balaban J connectivity index is 3.32. The van der Waals surface area contributed by atoms with Crippen LogP contribution >= 0.6 is 23.2 Å². The third-order valence-corrected chi connectivity index (χ3v) is 1.85. The molecule has 56 valence electrons. The Bertz CT molecular complexity index is 70.0. The molecule has 0 radical (unpaired) electrons. The Labute approximate surface area is 65.5 Å². The molecule has 0 bridgehead atoms. The van der Waals surface area contributed by atoms with Crippen LogP contribution in [-0.4, -0.2) is 23.8 Å². The fourth-order valence-electron chi connectivity index (χ4n) is 0.482. The van der Waals surface area contributed by atoms with Crippen LogP contribution in [0, 0.1) is 0 Å². The van der Waals surface area contributed by atoms with Crippen LogP contribution in [0.15, 0.2) is 0 Å². The number of halogens is 2. The van der Waals surface area contributed by atoms with Gasteiger partial charge >= 0.3 is 0 Å². The van der Waals surface area contributed by atoms with Gasteiger partial charge in [0.05, 0.1) is 5.38 Å². The molecule has 4 N–H and O–H groups in total. The number of hydrogen-bond acceptors (Lipinski definition) is 2. The molecule has 0 saturated carbocycles. The number of alkyl halides is 2. The van der Waals surface area contributed by atoms with Crippen molar-refractivity contribution in [1.29, 1.82) is 0 Å².